The first-order valence-corrected chi connectivity index (χ1v) is 3.90. The van der Waals surface area contributed by atoms with Crippen LogP contribution in [0.2, 0.25) is 0 Å². The zero-order valence-electron chi connectivity index (χ0n) is 6.10. The molecule has 0 aliphatic carbocycles. The van der Waals surface area contributed by atoms with Crippen LogP contribution in [-0.2, 0) is 9.53 Å². The molecule has 0 amide bonds. The predicted molar refractivity (Wildman–Crippen MR) is 40.3 cm³/mol. The van der Waals surface area contributed by atoms with Crippen molar-refractivity contribution in [1.29, 1.82) is 0 Å². The Bertz CT molecular complexity index is 129. The lowest BCUT2D eigenvalue weighted by Crippen LogP contribution is -2.12. The summed E-state index contributed by atoms with van der Waals surface area (Å²) in [4.78, 5) is 10.7. The average Bonchev–Trinajstić information content (AvgIpc) is 1.63. The Balaban J connectivity index is 3.65. The molecule has 0 aliphatic heterocycles. The summed E-state index contributed by atoms with van der Waals surface area (Å²) < 4.78 is 4.81. The van der Waals surface area contributed by atoms with E-state index in [0.717, 1.165) is 0 Å². The molecule has 0 saturated carbocycles. The van der Waals surface area contributed by atoms with Crippen LogP contribution in [-0.4, -0.2) is 22.3 Å². The molecule has 0 saturated heterocycles. The molecule has 0 radical (unpaired) electrons. The van der Waals surface area contributed by atoms with E-state index in [0.29, 0.717) is 15.4 Å². The molecule has 0 rings (SSSR count). The van der Waals surface area contributed by atoms with E-state index in [2.05, 4.69) is 6.58 Å². The van der Waals surface area contributed by atoms with Crippen LogP contribution in [0.4, 0.5) is 0 Å². The van der Waals surface area contributed by atoms with Crippen molar-refractivity contribution in [3.05, 3.63) is 11.8 Å². The van der Waals surface area contributed by atoms with Gasteiger partial charge >= 0.3 is 5.97 Å². The maximum absolute atomic E-state index is 10.7. The number of hydrogen-bond acceptors (Lipinski definition) is 2. The first-order chi connectivity index (χ1) is 4.04. The summed E-state index contributed by atoms with van der Waals surface area (Å²) in [5.74, 6) is -0.253. The van der Waals surface area contributed by atoms with Crippen molar-refractivity contribution in [2.75, 3.05) is 0 Å². The summed E-state index contributed by atoms with van der Waals surface area (Å²) in [5.41, 5.74) is 0. The van der Waals surface area contributed by atoms with Gasteiger partial charge in [0.2, 0.25) is 0 Å². The summed E-state index contributed by atoms with van der Waals surface area (Å²) in [6, 6.07) is 0. The standard InChI is InChI=1S/C6H12O2Si/c1-4(2)8-6(7)5(3)9/h4H,3H2,1-2,9H3. The van der Waals surface area contributed by atoms with E-state index in [1.54, 1.807) is 0 Å². The molecule has 9 heavy (non-hydrogen) atoms. The molecule has 0 N–H and O–H groups in total. The number of carbonyl (C=O) groups excluding carboxylic acids is 1. The van der Waals surface area contributed by atoms with Crippen LogP contribution in [0.25, 0.3) is 0 Å². The molecule has 0 aliphatic rings. The zero-order chi connectivity index (χ0) is 7.44. The lowest BCUT2D eigenvalue weighted by atomic mass is 10.5. The topological polar surface area (TPSA) is 26.3 Å². The van der Waals surface area contributed by atoms with Gasteiger partial charge in [-0.1, -0.05) is 6.58 Å². The minimum absolute atomic E-state index is 0.0248. The minimum Gasteiger partial charge on any atom is -0.460 e. The van der Waals surface area contributed by atoms with Crippen LogP contribution in [0.1, 0.15) is 13.8 Å². The van der Waals surface area contributed by atoms with Crippen molar-refractivity contribution in [3.63, 3.8) is 0 Å². The lowest BCUT2D eigenvalue weighted by molar-refractivity contribution is -0.141. The molecule has 0 unspecified atom stereocenters. The van der Waals surface area contributed by atoms with E-state index in [1.165, 1.54) is 0 Å². The van der Waals surface area contributed by atoms with Gasteiger partial charge in [0, 0.05) is 15.4 Å². The Labute approximate surface area is 58.3 Å². The third-order valence-electron chi connectivity index (χ3n) is 0.691. The van der Waals surface area contributed by atoms with Crippen molar-refractivity contribution in [3.8, 4) is 0 Å². The lowest BCUT2D eigenvalue weighted by Gasteiger charge is -2.05. The molecule has 0 aromatic rings. The molecular weight excluding hydrogens is 132 g/mol. The van der Waals surface area contributed by atoms with E-state index < -0.39 is 0 Å². The van der Waals surface area contributed by atoms with Crippen LogP contribution < -0.4 is 0 Å². The average molecular weight is 144 g/mol. The summed E-state index contributed by atoms with van der Waals surface area (Å²) in [5, 5.41) is 0.587. The van der Waals surface area contributed by atoms with Crippen LogP contribution in [0, 0.1) is 0 Å². The number of rotatable bonds is 2. The summed E-state index contributed by atoms with van der Waals surface area (Å²) in [6.45, 7) is 7.14. The maximum Gasteiger partial charge on any atom is 0.328 e. The Kier molecular flexibility index (Phi) is 3.23. The number of hydrogen-bond donors (Lipinski definition) is 0. The first-order valence-electron chi connectivity index (χ1n) is 2.90. The molecule has 0 aromatic carbocycles. The van der Waals surface area contributed by atoms with Crippen molar-refractivity contribution in [1.82, 2.24) is 0 Å². The fourth-order valence-corrected chi connectivity index (χ4v) is 0.433. The highest BCUT2D eigenvalue weighted by molar-refractivity contribution is 6.34. The smallest absolute Gasteiger partial charge is 0.328 e. The van der Waals surface area contributed by atoms with Crippen molar-refractivity contribution in [2.24, 2.45) is 0 Å². The van der Waals surface area contributed by atoms with E-state index in [4.69, 9.17) is 4.74 Å². The van der Waals surface area contributed by atoms with Gasteiger partial charge in [-0.05, 0) is 13.8 Å². The van der Waals surface area contributed by atoms with Gasteiger partial charge in [-0.15, -0.1) is 0 Å². The Morgan fingerprint density at radius 1 is 1.67 bits per heavy atom. The van der Waals surface area contributed by atoms with E-state index in [-0.39, 0.29) is 12.1 Å². The van der Waals surface area contributed by atoms with Crippen LogP contribution in [0.15, 0.2) is 11.8 Å². The van der Waals surface area contributed by atoms with Crippen molar-refractivity contribution in [2.45, 2.75) is 20.0 Å². The summed E-state index contributed by atoms with van der Waals surface area (Å²) >= 11 is 0. The quantitative estimate of drug-likeness (QED) is 0.305. The van der Waals surface area contributed by atoms with Crippen LogP contribution >= 0.6 is 0 Å². The first kappa shape index (κ1) is 8.43. The number of ether oxygens (including phenoxy) is 1. The largest absolute Gasteiger partial charge is 0.460 e. The second kappa shape index (κ2) is 3.45. The molecule has 2 nitrogen and oxygen atoms in total. The third kappa shape index (κ3) is 3.97. The monoisotopic (exact) mass is 144 g/mol. The van der Waals surface area contributed by atoms with E-state index in [9.17, 15) is 4.79 Å². The van der Waals surface area contributed by atoms with Crippen LogP contribution in [0.5, 0.6) is 0 Å². The molecule has 0 atom stereocenters. The van der Waals surface area contributed by atoms with Crippen molar-refractivity contribution >= 4 is 16.2 Å². The highest BCUT2D eigenvalue weighted by atomic mass is 28.1. The fourth-order valence-electron chi connectivity index (χ4n) is 0.315. The number of esters is 1. The van der Waals surface area contributed by atoms with Crippen molar-refractivity contribution < 1.29 is 9.53 Å². The minimum atomic E-state index is -0.253. The van der Waals surface area contributed by atoms with E-state index >= 15 is 0 Å². The van der Waals surface area contributed by atoms with Gasteiger partial charge in [0.25, 0.3) is 0 Å². The normalized spacial score (nSPS) is 9.67. The van der Waals surface area contributed by atoms with Gasteiger partial charge in [-0.2, -0.15) is 0 Å². The van der Waals surface area contributed by atoms with Gasteiger partial charge < -0.3 is 4.74 Å². The molecule has 52 valence electrons. The molecule has 0 bridgehead atoms. The second-order valence-corrected chi connectivity index (χ2v) is 3.44. The fraction of sp³-hybridized carbons (Fsp3) is 0.500. The summed E-state index contributed by atoms with van der Waals surface area (Å²) in [7, 11) is 0.689. The maximum atomic E-state index is 10.7. The Morgan fingerprint density at radius 2 is 2.11 bits per heavy atom. The van der Waals surface area contributed by atoms with Crippen LogP contribution in [0.3, 0.4) is 0 Å². The van der Waals surface area contributed by atoms with Gasteiger partial charge in [0.05, 0.1) is 6.10 Å². The molecular formula is C6H12O2Si. The Hall–Kier alpha value is -0.573. The zero-order valence-corrected chi connectivity index (χ0v) is 8.10. The van der Waals surface area contributed by atoms with E-state index in [1.807, 2.05) is 13.8 Å². The Morgan fingerprint density at radius 3 is 2.22 bits per heavy atom. The van der Waals surface area contributed by atoms with Gasteiger partial charge in [0.15, 0.2) is 0 Å². The molecule has 0 fully saturated rings. The van der Waals surface area contributed by atoms with Gasteiger partial charge in [-0.25, -0.2) is 4.79 Å². The number of carbonyl (C=O) groups is 1. The predicted octanol–water partition coefficient (Wildman–Crippen LogP) is -0.183. The van der Waals surface area contributed by atoms with Gasteiger partial charge in [-0.3, -0.25) is 0 Å². The molecule has 0 spiro atoms. The SMILES string of the molecule is C=C([SiH3])C(=O)OC(C)C. The third-order valence-corrected chi connectivity index (χ3v) is 1.10. The summed E-state index contributed by atoms with van der Waals surface area (Å²) in [6.07, 6.45) is -0.0248. The second-order valence-electron chi connectivity index (χ2n) is 2.23. The highest BCUT2D eigenvalue weighted by Gasteiger charge is 2.03. The molecule has 3 heteroatoms. The molecule has 0 heterocycles. The highest BCUT2D eigenvalue weighted by Crippen LogP contribution is 1.93. The molecule has 0 aromatic heterocycles. The van der Waals surface area contributed by atoms with Gasteiger partial charge in [0.1, 0.15) is 0 Å².